The summed E-state index contributed by atoms with van der Waals surface area (Å²) in [5.74, 6) is 0.621. The van der Waals surface area contributed by atoms with Gasteiger partial charge >= 0.3 is 0 Å². The smallest absolute Gasteiger partial charge is 0.235 e. The van der Waals surface area contributed by atoms with Gasteiger partial charge in [0.05, 0.1) is 39.0 Å². The van der Waals surface area contributed by atoms with E-state index in [9.17, 15) is 0 Å². The van der Waals surface area contributed by atoms with E-state index in [4.69, 9.17) is 15.0 Å². The molecular formula is C47H29N5. The quantitative estimate of drug-likeness (QED) is 0.188. The van der Waals surface area contributed by atoms with Gasteiger partial charge in [0.25, 0.3) is 0 Å². The van der Waals surface area contributed by atoms with Crippen molar-refractivity contribution in [2.45, 2.75) is 0 Å². The van der Waals surface area contributed by atoms with Gasteiger partial charge in [0.1, 0.15) is 0 Å². The molecule has 0 saturated carbocycles. The van der Waals surface area contributed by atoms with Gasteiger partial charge in [0.15, 0.2) is 0 Å². The zero-order valence-corrected chi connectivity index (χ0v) is 28.0. The molecule has 5 heteroatoms. The standard InChI is InChI=1S/C47H29N5/c1-3-14-30(15-4-1)45-35-19-8-11-23-40(35)49-47(50-45)51-29-38-34-18-7-10-22-39(34)48-46(38)37-28-31(26-27-41(37)51)33-21-13-25-43-44(33)36-20-9-12-24-42(36)52(43)32-16-5-2-6-17-32/h1-29H. The van der Waals surface area contributed by atoms with Crippen molar-refractivity contribution in [3.8, 4) is 45.3 Å². The van der Waals surface area contributed by atoms with Crippen LogP contribution in [0.1, 0.15) is 0 Å². The van der Waals surface area contributed by atoms with Crippen molar-refractivity contribution < 1.29 is 0 Å². The summed E-state index contributed by atoms with van der Waals surface area (Å²) < 4.78 is 4.52. The highest BCUT2D eigenvalue weighted by atomic mass is 15.1. The van der Waals surface area contributed by atoms with Crippen LogP contribution in [0.25, 0.3) is 99.8 Å². The minimum Gasteiger partial charge on any atom is -0.309 e. The van der Waals surface area contributed by atoms with Crippen molar-refractivity contribution in [1.29, 1.82) is 0 Å². The lowest BCUT2D eigenvalue weighted by atomic mass is 9.96. The number of aromatic nitrogens is 5. The van der Waals surface area contributed by atoms with Gasteiger partial charge in [-0.2, -0.15) is 0 Å². The van der Waals surface area contributed by atoms with E-state index in [0.717, 1.165) is 66.5 Å². The van der Waals surface area contributed by atoms with E-state index >= 15 is 0 Å². The van der Waals surface area contributed by atoms with Crippen LogP contribution in [-0.4, -0.2) is 24.1 Å². The van der Waals surface area contributed by atoms with Crippen LogP contribution in [0, 0.1) is 0 Å². The number of fused-ring (bicyclic) bond motifs is 9. The Hall–Kier alpha value is -7.11. The Morgan fingerprint density at radius 2 is 1.06 bits per heavy atom. The van der Waals surface area contributed by atoms with Crippen LogP contribution in [0.5, 0.6) is 0 Å². The monoisotopic (exact) mass is 663 g/mol. The first-order chi connectivity index (χ1) is 25.8. The second-order valence-electron chi connectivity index (χ2n) is 13.3. The van der Waals surface area contributed by atoms with E-state index in [1.165, 1.54) is 27.4 Å². The summed E-state index contributed by atoms with van der Waals surface area (Å²) in [7, 11) is 0. The molecule has 2 aromatic heterocycles. The van der Waals surface area contributed by atoms with Crippen molar-refractivity contribution >= 4 is 54.5 Å². The molecule has 9 aromatic rings. The van der Waals surface area contributed by atoms with Crippen LogP contribution in [-0.2, 0) is 0 Å². The Morgan fingerprint density at radius 1 is 0.385 bits per heavy atom. The predicted octanol–water partition coefficient (Wildman–Crippen LogP) is 11.7. The first-order valence-corrected chi connectivity index (χ1v) is 17.5. The third kappa shape index (κ3) is 4.26. The van der Waals surface area contributed by atoms with E-state index in [1.54, 1.807) is 0 Å². The van der Waals surface area contributed by atoms with Crippen molar-refractivity contribution in [1.82, 2.24) is 24.1 Å². The predicted molar refractivity (Wildman–Crippen MR) is 214 cm³/mol. The topological polar surface area (TPSA) is 48.5 Å². The molecule has 0 radical (unpaired) electrons. The maximum absolute atomic E-state index is 5.28. The van der Waals surface area contributed by atoms with Gasteiger partial charge in [0.2, 0.25) is 5.95 Å². The van der Waals surface area contributed by atoms with Crippen molar-refractivity contribution in [2.24, 2.45) is 0 Å². The number of rotatable bonds is 4. The van der Waals surface area contributed by atoms with Gasteiger partial charge < -0.3 is 4.57 Å². The molecule has 242 valence electrons. The van der Waals surface area contributed by atoms with E-state index < -0.39 is 0 Å². The van der Waals surface area contributed by atoms with Gasteiger partial charge in [-0.3, -0.25) is 4.57 Å². The lowest BCUT2D eigenvalue weighted by molar-refractivity contribution is 0.974. The first kappa shape index (κ1) is 28.7. The molecule has 0 unspecified atom stereocenters. The average Bonchev–Trinajstić information content (AvgIpc) is 3.77. The van der Waals surface area contributed by atoms with Gasteiger partial charge in [-0.05, 0) is 59.7 Å². The third-order valence-corrected chi connectivity index (χ3v) is 10.3. The second-order valence-corrected chi connectivity index (χ2v) is 13.3. The van der Waals surface area contributed by atoms with E-state index in [0.29, 0.717) is 5.95 Å². The number of para-hydroxylation sites is 4. The van der Waals surface area contributed by atoms with Crippen LogP contribution in [0.3, 0.4) is 0 Å². The molecule has 4 heterocycles. The van der Waals surface area contributed by atoms with Gasteiger partial charge in [0, 0.05) is 49.9 Å². The SMILES string of the molecule is c1ccc(-c2nc(-n3cc4c5ccccc5nc-4c4cc(-c5cccc6c5c5ccccc5n6-c5ccccc5)ccc43)nc3ccccc23)cc1. The summed E-state index contributed by atoms with van der Waals surface area (Å²) in [6.45, 7) is 0. The molecule has 0 atom stereocenters. The highest BCUT2D eigenvalue weighted by molar-refractivity contribution is 6.16. The highest BCUT2D eigenvalue weighted by Gasteiger charge is 2.22. The highest BCUT2D eigenvalue weighted by Crippen LogP contribution is 2.42. The summed E-state index contributed by atoms with van der Waals surface area (Å²) in [5, 5.41) is 5.63. The average molecular weight is 664 g/mol. The summed E-state index contributed by atoms with van der Waals surface area (Å²) in [6, 6.07) is 59.7. The molecule has 0 N–H and O–H groups in total. The lowest BCUT2D eigenvalue weighted by Crippen LogP contribution is -2.06. The Kier molecular flexibility index (Phi) is 6.18. The van der Waals surface area contributed by atoms with Gasteiger partial charge in [-0.1, -0.05) is 121 Å². The number of hydrogen-bond acceptors (Lipinski definition) is 3. The first-order valence-electron chi connectivity index (χ1n) is 17.5. The molecule has 5 nitrogen and oxygen atoms in total. The number of hydrogen-bond donors (Lipinski definition) is 0. The van der Waals surface area contributed by atoms with Gasteiger partial charge in [-0.15, -0.1) is 0 Å². The second kappa shape index (κ2) is 11.2. The fourth-order valence-corrected chi connectivity index (χ4v) is 8.01. The number of nitrogens with zero attached hydrogens (tertiary/aromatic N) is 5. The zero-order chi connectivity index (χ0) is 34.2. The fourth-order valence-electron chi connectivity index (χ4n) is 8.01. The summed E-state index contributed by atoms with van der Waals surface area (Å²) in [5.41, 5.74) is 12.7. The molecular weight excluding hydrogens is 635 g/mol. The Balaban J connectivity index is 1.21. The summed E-state index contributed by atoms with van der Waals surface area (Å²) in [6.07, 6.45) is 2.17. The summed E-state index contributed by atoms with van der Waals surface area (Å²) in [4.78, 5) is 15.7. The molecule has 2 aliphatic rings. The molecule has 0 aliphatic carbocycles. The van der Waals surface area contributed by atoms with Crippen LogP contribution in [0.15, 0.2) is 176 Å². The fraction of sp³-hybridized carbons (Fsp3) is 0. The molecule has 2 aliphatic heterocycles. The maximum Gasteiger partial charge on any atom is 0.235 e. The molecule has 0 fully saturated rings. The van der Waals surface area contributed by atoms with Crippen LogP contribution >= 0.6 is 0 Å². The van der Waals surface area contributed by atoms with E-state index in [2.05, 4.69) is 167 Å². The van der Waals surface area contributed by atoms with E-state index in [1.807, 2.05) is 18.2 Å². The number of benzene rings is 7. The third-order valence-electron chi connectivity index (χ3n) is 10.3. The van der Waals surface area contributed by atoms with Crippen LogP contribution < -0.4 is 0 Å². The molecule has 11 rings (SSSR count). The molecule has 7 aromatic carbocycles. The molecule has 0 amide bonds. The lowest BCUT2D eigenvalue weighted by Gasteiger charge is -2.17. The zero-order valence-electron chi connectivity index (χ0n) is 28.0. The van der Waals surface area contributed by atoms with Gasteiger partial charge in [-0.25, -0.2) is 15.0 Å². The normalized spacial score (nSPS) is 11.8. The minimum atomic E-state index is 0.621. The molecule has 0 saturated heterocycles. The Bertz CT molecular complexity index is 3120. The Labute approximate surface area is 299 Å². The van der Waals surface area contributed by atoms with Crippen molar-refractivity contribution in [2.75, 3.05) is 0 Å². The largest absolute Gasteiger partial charge is 0.309 e. The van der Waals surface area contributed by atoms with E-state index in [-0.39, 0.29) is 0 Å². The van der Waals surface area contributed by atoms with Crippen LogP contribution in [0.4, 0.5) is 0 Å². The summed E-state index contributed by atoms with van der Waals surface area (Å²) >= 11 is 0. The number of pyridine rings is 1. The molecule has 0 bridgehead atoms. The molecule has 52 heavy (non-hydrogen) atoms. The Morgan fingerprint density at radius 3 is 1.88 bits per heavy atom. The maximum atomic E-state index is 5.28. The minimum absolute atomic E-state index is 0.621. The molecule has 0 spiro atoms. The van der Waals surface area contributed by atoms with Crippen molar-refractivity contribution in [3.63, 3.8) is 0 Å². The van der Waals surface area contributed by atoms with Crippen molar-refractivity contribution in [3.05, 3.63) is 176 Å². The van der Waals surface area contributed by atoms with Crippen LogP contribution in [0.2, 0.25) is 0 Å².